The van der Waals surface area contributed by atoms with Gasteiger partial charge in [-0.3, -0.25) is 4.79 Å². The number of allylic oxidation sites excluding steroid dienone is 2. The number of amides is 1. The van der Waals surface area contributed by atoms with Crippen LogP contribution in [0, 0.1) is 23.3 Å². The van der Waals surface area contributed by atoms with Crippen molar-refractivity contribution in [3.8, 4) is 16.9 Å². The number of benzene rings is 2. The largest absolute Gasteiger partial charge is 0.573 e. The fourth-order valence-corrected chi connectivity index (χ4v) is 2.66. The van der Waals surface area contributed by atoms with Crippen molar-refractivity contribution in [3.63, 3.8) is 0 Å². The number of rotatable bonds is 4. The molecule has 1 amide bonds. The van der Waals surface area contributed by atoms with E-state index in [9.17, 15) is 35.5 Å². The van der Waals surface area contributed by atoms with Gasteiger partial charge in [0.15, 0.2) is 23.3 Å². The number of hydrogen-bond donors (Lipinski definition) is 1. The fraction of sp³-hybridized carbons (Fsp3) is 0.105. The molecular formula is C19H10F7NO2. The van der Waals surface area contributed by atoms with Gasteiger partial charge in [-0.05, 0) is 24.1 Å². The summed E-state index contributed by atoms with van der Waals surface area (Å²) in [6.07, 6.45) is -0.298. The second kappa shape index (κ2) is 7.61. The van der Waals surface area contributed by atoms with E-state index in [-0.39, 0.29) is 5.57 Å². The monoisotopic (exact) mass is 417 g/mol. The Kier molecular flexibility index (Phi) is 5.36. The van der Waals surface area contributed by atoms with E-state index in [2.05, 4.69) is 4.74 Å². The highest BCUT2D eigenvalue weighted by Crippen LogP contribution is 2.36. The van der Waals surface area contributed by atoms with Crippen LogP contribution in [0.25, 0.3) is 11.1 Å². The van der Waals surface area contributed by atoms with Gasteiger partial charge in [-0.2, -0.15) is 0 Å². The van der Waals surface area contributed by atoms with Crippen molar-refractivity contribution in [3.05, 3.63) is 71.3 Å². The SMILES string of the molecule is O=C(Nc1c(F)c(F)c(-c2cccc(OC(F)(F)F)c2)c(F)c1F)C1=CCC=C1. The molecule has 0 unspecified atom stereocenters. The van der Waals surface area contributed by atoms with Crippen LogP contribution in [0.5, 0.6) is 5.75 Å². The number of hydrogen-bond acceptors (Lipinski definition) is 2. The highest BCUT2D eigenvalue weighted by atomic mass is 19.4. The van der Waals surface area contributed by atoms with Gasteiger partial charge in [0.2, 0.25) is 0 Å². The van der Waals surface area contributed by atoms with E-state index in [4.69, 9.17) is 0 Å². The van der Waals surface area contributed by atoms with E-state index in [1.807, 2.05) is 0 Å². The lowest BCUT2D eigenvalue weighted by molar-refractivity contribution is -0.274. The molecule has 0 aliphatic heterocycles. The molecule has 0 heterocycles. The lowest BCUT2D eigenvalue weighted by atomic mass is 10.0. The minimum atomic E-state index is -5.08. The van der Waals surface area contributed by atoms with Crippen LogP contribution < -0.4 is 10.1 Å². The third kappa shape index (κ3) is 4.25. The van der Waals surface area contributed by atoms with Crippen LogP contribution in [0.2, 0.25) is 0 Å². The van der Waals surface area contributed by atoms with E-state index >= 15 is 0 Å². The summed E-state index contributed by atoms with van der Waals surface area (Å²) in [7, 11) is 0. The molecular weight excluding hydrogens is 407 g/mol. The van der Waals surface area contributed by atoms with E-state index in [1.54, 1.807) is 11.4 Å². The molecule has 152 valence electrons. The lowest BCUT2D eigenvalue weighted by Gasteiger charge is -2.14. The molecule has 10 heteroatoms. The van der Waals surface area contributed by atoms with E-state index in [1.165, 1.54) is 12.2 Å². The molecule has 3 rings (SSSR count). The Morgan fingerprint density at radius 3 is 2.21 bits per heavy atom. The molecule has 1 aliphatic carbocycles. The maximum atomic E-state index is 14.5. The van der Waals surface area contributed by atoms with Crippen LogP contribution in [0.4, 0.5) is 36.4 Å². The van der Waals surface area contributed by atoms with Crippen molar-refractivity contribution in [2.75, 3.05) is 5.32 Å². The van der Waals surface area contributed by atoms with Gasteiger partial charge in [0.25, 0.3) is 5.91 Å². The summed E-state index contributed by atoms with van der Waals surface area (Å²) in [6.45, 7) is 0. The predicted octanol–water partition coefficient (Wildman–Crippen LogP) is 5.63. The second-order valence-electron chi connectivity index (χ2n) is 5.83. The van der Waals surface area contributed by atoms with Crippen LogP contribution in [0.1, 0.15) is 6.42 Å². The highest BCUT2D eigenvalue weighted by molar-refractivity contribution is 6.06. The van der Waals surface area contributed by atoms with Crippen molar-refractivity contribution in [2.45, 2.75) is 12.8 Å². The van der Waals surface area contributed by atoms with Gasteiger partial charge in [-0.1, -0.05) is 30.4 Å². The van der Waals surface area contributed by atoms with Crippen LogP contribution in [0.3, 0.4) is 0 Å². The highest BCUT2D eigenvalue weighted by Gasteiger charge is 2.32. The molecule has 0 aromatic heterocycles. The molecule has 1 aliphatic rings. The molecule has 2 aromatic rings. The number of anilines is 1. The molecule has 0 fully saturated rings. The molecule has 0 bridgehead atoms. The van der Waals surface area contributed by atoms with Crippen molar-refractivity contribution in [2.24, 2.45) is 0 Å². The fourth-order valence-electron chi connectivity index (χ4n) is 2.66. The summed E-state index contributed by atoms with van der Waals surface area (Å²) in [6, 6.07) is 3.31. The first-order valence-corrected chi connectivity index (χ1v) is 7.98. The van der Waals surface area contributed by atoms with Crippen molar-refractivity contribution in [1.29, 1.82) is 0 Å². The minimum absolute atomic E-state index is 0.0469. The third-order valence-corrected chi connectivity index (χ3v) is 3.89. The number of alkyl halides is 3. The topological polar surface area (TPSA) is 38.3 Å². The van der Waals surface area contributed by atoms with E-state index in [0.717, 1.165) is 18.2 Å². The first-order chi connectivity index (χ1) is 13.6. The van der Waals surface area contributed by atoms with E-state index < -0.39 is 58.1 Å². The van der Waals surface area contributed by atoms with Crippen LogP contribution in [-0.4, -0.2) is 12.3 Å². The molecule has 29 heavy (non-hydrogen) atoms. The first-order valence-electron chi connectivity index (χ1n) is 7.98. The van der Waals surface area contributed by atoms with Crippen LogP contribution in [-0.2, 0) is 4.79 Å². The van der Waals surface area contributed by atoms with Crippen molar-refractivity contribution >= 4 is 11.6 Å². The maximum absolute atomic E-state index is 14.5. The summed E-state index contributed by atoms with van der Waals surface area (Å²) in [5.74, 6) is -9.41. The zero-order valence-electron chi connectivity index (χ0n) is 14.2. The van der Waals surface area contributed by atoms with Gasteiger partial charge in [0.05, 0.1) is 5.56 Å². The Balaban J connectivity index is 2.03. The van der Waals surface area contributed by atoms with Gasteiger partial charge < -0.3 is 10.1 Å². The molecule has 0 radical (unpaired) electrons. The average Bonchev–Trinajstić information content (AvgIpc) is 3.17. The Labute approximate surface area is 159 Å². The summed E-state index contributed by atoms with van der Waals surface area (Å²) in [4.78, 5) is 11.9. The molecule has 0 saturated carbocycles. The summed E-state index contributed by atoms with van der Waals surface area (Å²) in [5.41, 5.74) is -3.15. The maximum Gasteiger partial charge on any atom is 0.573 e. The Hall–Kier alpha value is -3.30. The molecule has 0 atom stereocenters. The Morgan fingerprint density at radius 2 is 1.66 bits per heavy atom. The van der Waals surface area contributed by atoms with Crippen molar-refractivity contribution < 1.29 is 40.3 Å². The third-order valence-electron chi connectivity index (χ3n) is 3.89. The van der Waals surface area contributed by atoms with Crippen molar-refractivity contribution in [1.82, 2.24) is 0 Å². The van der Waals surface area contributed by atoms with Gasteiger partial charge in [0, 0.05) is 5.57 Å². The number of carbonyl (C=O) groups is 1. The standard InChI is InChI=1S/C19H10F7NO2/c20-13-12(10-6-3-7-11(8-10)29-19(24,25)26)14(21)16(23)17(15(13)22)27-18(28)9-4-1-2-5-9/h1,3-8H,2H2,(H,27,28). The summed E-state index contributed by atoms with van der Waals surface area (Å²) in [5, 5.41) is 1.76. The average molecular weight is 417 g/mol. The van der Waals surface area contributed by atoms with E-state index in [0.29, 0.717) is 12.5 Å². The van der Waals surface area contributed by atoms with Crippen LogP contribution >= 0.6 is 0 Å². The van der Waals surface area contributed by atoms with Gasteiger partial charge in [-0.25, -0.2) is 17.6 Å². The number of ether oxygens (including phenoxy) is 1. The zero-order chi connectivity index (χ0) is 21.3. The van der Waals surface area contributed by atoms with Gasteiger partial charge >= 0.3 is 6.36 Å². The molecule has 2 aromatic carbocycles. The number of carbonyl (C=O) groups excluding carboxylic acids is 1. The van der Waals surface area contributed by atoms with Gasteiger partial charge in [-0.15, -0.1) is 13.2 Å². The molecule has 0 spiro atoms. The Morgan fingerprint density at radius 1 is 1.00 bits per heavy atom. The first kappa shape index (κ1) is 20.4. The quantitative estimate of drug-likeness (QED) is 0.517. The molecule has 0 saturated heterocycles. The van der Waals surface area contributed by atoms with Crippen LogP contribution in [0.15, 0.2) is 48.1 Å². The predicted molar refractivity (Wildman–Crippen MR) is 88.9 cm³/mol. The second-order valence-corrected chi connectivity index (χ2v) is 5.83. The smallest absolute Gasteiger partial charge is 0.406 e. The minimum Gasteiger partial charge on any atom is -0.406 e. The number of nitrogens with one attached hydrogen (secondary N) is 1. The number of halogens is 7. The zero-order valence-corrected chi connectivity index (χ0v) is 14.2. The molecule has 3 nitrogen and oxygen atoms in total. The lowest BCUT2D eigenvalue weighted by Crippen LogP contribution is -2.17. The summed E-state index contributed by atoms with van der Waals surface area (Å²) < 4.78 is 98.3. The normalized spacial score (nSPS) is 13.4. The molecule has 1 N–H and O–H groups in total. The van der Waals surface area contributed by atoms with Gasteiger partial charge in [0.1, 0.15) is 11.4 Å². The summed E-state index contributed by atoms with van der Waals surface area (Å²) >= 11 is 0. The Bertz CT molecular complexity index is 1010.